The fourth-order valence-electron chi connectivity index (χ4n) is 0.265. The molecular weight excluding hydrogens is 102 g/mol. The second-order valence-corrected chi connectivity index (χ2v) is 1.53. The second-order valence-electron chi connectivity index (χ2n) is 1.53. The lowest BCUT2D eigenvalue weighted by Crippen LogP contribution is -2.04. The van der Waals surface area contributed by atoms with Gasteiger partial charge in [-0.25, -0.2) is 0 Å². The molecule has 1 unspecified atom stereocenters. The summed E-state index contributed by atoms with van der Waals surface area (Å²) in [5.74, 6) is 0. The normalized spacial score (nSPS) is 12.8. The Balaban J connectivity index is 3.62. The molecule has 0 saturated carbocycles. The minimum absolute atomic E-state index is 0.00694. The Morgan fingerprint density at radius 3 is 2.38 bits per heavy atom. The Bertz CT molecular complexity index is 98.7. The molecule has 0 aliphatic rings. The Morgan fingerprint density at radius 1 is 1.75 bits per heavy atom. The van der Waals surface area contributed by atoms with Gasteiger partial charge in [-0.2, -0.15) is 0 Å². The SMILES string of the molecule is C=NC(=C)C(C)OC. The molecular formula is C6H11NO. The second kappa shape index (κ2) is 3.38. The largest absolute Gasteiger partial charge is 0.375 e. The lowest BCUT2D eigenvalue weighted by Gasteiger charge is -2.05. The quantitative estimate of drug-likeness (QED) is 0.504. The third kappa shape index (κ3) is 1.89. The number of ether oxygens (including phenoxy) is 1. The van der Waals surface area contributed by atoms with Crippen LogP contribution < -0.4 is 0 Å². The summed E-state index contributed by atoms with van der Waals surface area (Å²) in [5.41, 5.74) is 0.674. The molecule has 2 heteroatoms. The predicted molar refractivity (Wildman–Crippen MR) is 35.2 cm³/mol. The molecule has 1 atom stereocenters. The van der Waals surface area contributed by atoms with E-state index in [0.29, 0.717) is 5.70 Å². The minimum Gasteiger partial charge on any atom is -0.375 e. The smallest absolute Gasteiger partial charge is 0.0956 e. The van der Waals surface area contributed by atoms with Crippen LogP contribution in [-0.4, -0.2) is 19.9 Å². The first kappa shape index (κ1) is 7.37. The van der Waals surface area contributed by atoms with E-state index >= 15 is 0 Å². The van der Waals surface area contributed by atoms with E-state index in [9.17, 15) is 0 Å². The van der Waals surface area contributed by atoms with Gasteiger partial charge in [0.25, 0.3) is 0 Å². The molecule has 0 aromatic carbocycles. The van der Waals surface area contributed by atoms with Gasteiger partial charge < -0.3 is 4.74 Å². The van der Waals surface area contributed by atoms with Crippen molar-refractivity contribution in [2.24, 2.45) is 4.99 Å². The van der Waals surface area contributed by atoms with E-state index in [1.165, 1.54) is 0 Å². The molecule has 2 nitrogen and oxygen atoms in total. The standard InChI is InChI=1S/C6H11NO/c1-5(7-3)6(2)8-4/h6H,1,3H2,2,4H3. The lowest BCUT2D eigenvalue weighted by atomic mass is 10.3. The summed E-state index contributed by atoms with van der Waals surface area (Å²) >= 11 is 0. The Labute approximate surface area is 49.9 Å². The average molecular weight is 113 g/mol. The van der Waals surface area contributed by atoms with Crippen LogP contribution in [0.2, 0.25) is 0 Å². The van der Waals surface area contributed by atoms with Gasteiger partial charge >= 0.3 is 0 Å². The van der Waals surface area contributed by atoms with Crippen LogP contribution in [0.5, 0.6) is 0 Å². The molecule has 0 heterocycles. The van der Waals surface area contributed by atoms with Crippen molar-refractivity contribution >= 4 is 6.72 Å². The van der Waals surface area contributed by atoms with Crippen molar-refractivity contribution in [1.82, 2.24) is 0 Å². The first-order chi connectivity index (χ1) is 3.72. The maximum absolute atomic E-state index is 4.87. The van der Waals surface area contributed by atoms with Crippen LogP contribution in [0.15, 0.2) is 17.3 Å². The Morgan fingerprint density at radius 2 is 2.25 bits per heavy atom. The Kier molecular flexibility index (Phi) is 3.12. The van der Waals surface area contributed by atoms with E-state index in [-0.39, 0.29) is 6.10 Å². The number of aliphatic imine (C=N–C) groups is 1. The fourth-order valence-corrected chi connectivity index (χ4v) is 0.265. The molecule has 0 spiro atoms. The zero-order valence-corrected chi connectivity index (χ0v) is 5.35. The van der Waals surface area contributed by atoms with E-state index < -0.39 is 0 Å². The predicted octanol–water partition coefficient (Wildman–Crippen LogP) is 1.24. The van der Waals surface area contributed by atoms with Crippen LogP contribution in [0.25, 0.3) is 0 Å². The number of hydrogen-bond donors (Lipinski definition) is 0. The Hall–Kier alpha value is -0.630. The van der Waals surface area contributed by atoms with Gasteiger partial charge in [0.2, 0.25) is 0 Å². The first-order valence-electron chi connectivity index (χ1n) is 2.40. The summed E-state index contributed by atoms with van der Waals surface area (Å²) in [5, 5.41) is 0. The van der Waals surface area contributed by atoms with E-state index in [1.54, 1.807) is 7.11 Å². The summed E-state index contributed by atoms with van der Waals surface area (Å²) in [4.78, 5) is 3.59. The summed E-state index contributed by atoms with van der Waals surface area (Å²) in [6, 6.07) is 0. The van der Waals surface area contributed by atoms with Crippen molar-refractivity contribution in [1.29, 1.82) is 0 Å². The van der Waals surface area contributed by atoms with Gasteiger partial charge in [-0.1, -0.05) is 6.58 Å². The lowest BCUT2D eigenvalue weighted by molar-refractivity contribution is 0.146. The van der Waals surface area contributed by atoms with Crippen LogP contribution in [0.1, 0.15) is 6.92 Å². The van der Waals surface area contributed by atoms with Gasteiger partial charge in [0.1, 0.15) is 0 Å². The average Bonchev–Trinajstić information content (AvgIpc) is 1.84. The minimum atomic E-state index is -0.00694. The molecule has 0 aliphatic carbocycles. The molecule has 0 aromatic rings. The third-order valence-corrected chi connectivity index (χ3v) is 1.03. The van der Waals surface area contributed by atoms with E-state index in [0.717, 1.165) is 0 Å². The van der Waals surface area contributed by atoms with Crippen molar-refractivity contribution in [2.45, 2.75) is 13.0 Å². The topological polar surface area (TPSA) is 21.6 Å². The molecule has 46 valence electrons. The van der Waals surface area contributed by atoms with Gasteiger partial charge in [-0.05, 0) is 13.6 Å². The molecule has 0 saturated heterocycles. The van der Waals surface area contributed by atoms with Crippen molar-refractivity contribution < 1.29 is 4.74 Å². The summed E-state index contributed by atoms with van der Waals surface area (Å²) in [6.45, 7) is 8.76. The highest BCUT2D eigenvalue weighted by molar-refractivity contribution is 5.28. The number of methoxy groups -OCH3 is 1. The first-order valence-corrected chi connectivity index (χ1v) is 2.40. The highest BCUT2D eigenvalue weighted by atomic mass is 16.5. The summed E-state index contributed by atoms with van der Waals surface area (Å²) < 4.78 is 4.87. The molecule has 0 amide bonds. The summed E-state index contributed by atoms with van der Waals surface area (Å²) in [7, 11) is 1.61. The molecule has 0 bridgehead atoms. The van der Waals surface area contributed by atoms with Gasteiger partial charge in [-0.3, -0.25) is 4.99 Å². The monoisotopic (exact) mass is 113 g/mol. The number of nitrogens with zero attached hydrogens (tertiary/aromatic N) is 1. The maximum Gasteiger partial charge on any atom is 0.0956 e. The van der Waals surface area contributed by atoms with Crippen LogP contribution in [0.4, 0.5) is 0 Å². The zero-order chi connectivity index (χ0) is 6.57. The fraction of sp³-hybridized carbons (Fsp3) is 0.500. The highest BCUT2D eigenvalue weighted by Crippen LogP contribution is 2.01. The van der Waals surface area contributed by atoms with Crippen LogP contribution in [-0.2, 0) is 4.74 Å². The van der Waals surface area contributed by atoms with Crippen molar-refractivity contribution in [3.8, 4) is 0 Å². The van der Waals surface area contributed by atoms with E-state index in [1.807, 2.05) is 6.92 Å². The van der Waals surface area contributed by atoms with Crippen LogP contribution in [0, 0.1) is 0 Å². The molecule has 0 N–H and O–H groups in total. The van der Waals surface area contributed by atoms with Crippen molar-refractivity contribution in [3.63, 3.8) is 0 Å². The molecule has 0 aromatic heterocycles. The van der Waals surface area contributed by atoms with Gasteiger partial charge in [0, 0.05) is 7.11 Å². The molecule has 0 fully saturated rings. The van der Waals surface area contributed by atoms with Crippen LogP contribution in [0.3, 0.4) is 0 Å². The van der Waals surface area contributed by atoms with Gasteiger partial charge in [-0.15, -0.1) is 0 Å². The molecule has 8 heavy (non-hydrogen) atoms. The molecule has 0 radical (unpaired) electrons. The van der Waals surface area contributed by atoms with E-state index in [4.69, 9.17) is 4.74 Å². The summed E-state index contributed by atoms with van der Waals surface area (Å²) in [6.07, 6.45) is -0.00694. The number of rotatable bonds is 3. The zero-order valence-electron chi connectivity index (χ0n) is 5.35. The van der Waals surface area contributed by atoms with Crippen LogP contribution >= 0.6 is 0 Å². The number of hydrogen-bond acceptors (Lipinski definition) is 2. The van der Waals surface area contributed by atoms with E-state index in [2.05, 4.69) is 18.3 Å². The molecule has 0 rings (SSSR count). The maximum atomic E-state index is 4.87. The van der Waals surface area contributed by atoms with Gasteiger partial charge in [0.15, 0.2) is 0 Å². The van der Waals surface area contributed by atoms with Gasteiger partial charge in [0.05, 0.1) is 11.8 Å². The highest BCUT2D eigenvalue weighted by Gasteiger charge is 1.99. The molecule has 0 aliphatic heterocycles. The van der Waals surface area contributed by atoms with Crippen molar-refractivity contribution in [3.05, 3.63) is 12.3 Å². The third-order valence-electron chi connectivity index (χ3n) is 1.03. The van der Waals surface area contributed by atoms with Crippen molar-refractivity contribution in [2.75, 3.05) is 7.11 Å².